The highest BCUT2D eigenvalue weighted by atomic mass is 19.4. The van der Waals surface area contributed by atoms with Crippen LogP contribution in [-0.4, -0.2) is 11.1 Å². The van der Waals surface area contributed by atoms with Gasteiger partial charge in [0, 0.05) is 6.08 Å². The third-order valence-electron chi connectivity index (χ3n) is 5.06. The number of alkyl halides is 6. The van der Waals surface area contributed by atoms with Crippen molar-refractivity contribution in [1.82, 2.24) is 5.48 Å². The predicted octanol–water partition coefficient (Wildman–Crippen LogP) is 5.84. The number of halogens is 6. The van der Waals surface area contributed by atoms with Crippen LogP contribution in [0.2, 0.25) is 0 Å². The molecule has 0 saturated heterocycles. The lowest BCUT2D eigenvalue weighted by molar-refractivity contribution is -0.143. The second-order valence-corrected chi connectivity index (χ2v) is 7.37. The number of amides is 1. The van der Waals surface area contributed by atoms with E-state index < -0.39 is 42.1 Å². The molecule has 1 unspecified atom stereocenters. The van der Waals surface area contributed by atoms with Gasteiger partial charge in [0.05, 0.1) is 23.8 Å². The van der Waals surface area contributed by atoms with Crippen LogP contribution in [0.25, 0.3) is 6.08 Å². The van der Waals surface area contributed by atoms with E-state index in [-0.39, 0.29) is 11.6 Å². The lowest BCUT2D eigenvalue weighted by atomic mass is 9.88. The maximum atomic E-state index is 13.0. The third kappa shape index (κ3) is 5.89. The first-order valence-corrected chi connectivity index (χ1v) is 9.62. The Hall–Kier alpha value is -2.85. The molecule has 2 aromatic carbocycles. The van der Waals surface area contributed by atoms with Crippen molar-refractivity contribution in [2.45, 2.75) is 44.3 Å². The average molecular weight is 459 g/mol. The van der Waals surface area contributed by atoms with Crippen LogP contribution < -0.4 is 5.48 Å². The van der Waals surface area contributed by atoms with Crippen molar-refractivity contribution in [1.29, 1.82) is 0 Å². The number of hydroxylamine groups is 1. The maximum absolute atomic E-state index is 13.0. The predicted molar refractivity (Wildman–Crippen MR) is 102 cm³/mol. The summed E-state index contributed by atoms with van der Waals surface area (Å²) in [5.41, 5.74) is 0.909. The Morgan fingerprint density at radius 3 is 2.31 bits per heavy atom. The molecule has 4 nitrogen and oxygen atoms in total. The van der Waals surface area contributed by atoms with E-state index in [9.17, 15) is 31.1 Å². The Morgan fingerprint density at radius 2 is 1.72 bits per heavy atom. The van der Waals surface area contributed by atoms with Gasteiger partial charge in [-0.05, 0) is 65.8 Å². The normalized spacial score (nSPS) is 16.8. The first kappa shape index (κ1) is 23.8. The van der Waals surface area contributed by atoms with Gasteiger partial charge in [-0.1, -0.05) is 18.2 Å². The molecule has 0 bridgehead atoms. The van der Waals surface area contributed by atoms with Gasteiger partial charge in [-0.25, -0.2) is 5.48 Å². The van der Waals surface area contributed by atoms with E-state index >= 15 is 0 Å². The van der Waals surface area contributed by atoms with Gasteiger partial charge in [0.25, 0.3) is 5.91 Å². The Morgan fingerprint density at radius 1 is 1.06 bits per heavy atom. The molecule has 1 amide bonds. The lowest BCUT2D eigenvalue weighted by Crippen LogP contribution is -2.15. The van der Waals surface area contributed by atoms with Gasteiger partial charge in [0.15, 0.2) is 0 Å². The highest BCUT2D eigenvalue weighted by molar-refractivity contribution is 5.90. The Kier molecular flexibility index (Phi) is 6.94. The summed E-state index contributed by atoms with van der Waals surface area (Å²) in [6.45, 7) is -0.407. The average Bonchev–Trinajstić information content (AvgIpc) is 2.74. The summed E-state index contributed by atoms with van der Waals surface area (Å²) in [5.74, 6) is -0.691. The van der Waals surface area contributed by atoms with Gasteiger partial charge in [-0.3, -0.25) is 10.0 Å². The molecule has 0 spiro atoms. The Bertz CT molecular complexity index is 981. The smallest absolute Gasteiger partial charge is 0.369 e. The molecule has 3 rings (SSSR count). The molecule has 2 aromatic rings. The van der Waals surface area contributed by atoms with Crippen molar-refractivity contribution in [2.24, 2.45) is 0 Å². The second kappa shape index (κ2) is 9.33. The van der Waals surface area contributed by atoms with Crippen LogP contribution in [0.3, 0.4) is 0 Å². The van der Waals surface area contributed by atoms with Crippen molar-refractivity contribution >= 4 is 12.0 Å². The van der Waals surface area contributed by atoms with E-state index in [0.29, 0.717) is 30.5 Å². The molecule has 32 heavy (non-hydrogen) atoms. The largest absolute Gasteiger partial charge is 0.416 e. The van der Waals surface area contributed by atoms with E-state index in [1.807, 2.05) is 6.07 Å². The second-order valence-electron chi connectivity index (χ2n) is 7.37. The number of hydrogen-bond acceptors (Lipinski definition) is 3. The molecule has 0 aromatic heterocycles. The molecular formula is C22H19F6NO3. The van der Waals surface area contributed by atoms with Gasteiger partial charge in [0.1, 0.15) is 0 Å². The van der Waals surface area contributed by atoms with Crippen molar-refractivity contribution < 1.29 is 41.1 Å². The molecule has 1 atom stereocenters. The number of carbonyl (C=O) groups excluding carboxylic acids is 1. The summed E-state index contributed by atoms with van der Waals surface area (Å²) in [5, 5.41) is 8.52. The molecule has 0 radical (unpaired) electrons. The Labute approximate surface area is 179 Å². The fraction of sp³-hybridized carbons (Fsp3) is 0.318. The number of aryl methyl sites for hydroxylation is 1. The fourth-order valence-corrected chi connectivity index (χ4v) is 3.58. The highest BCUT2D eigenvalue weighted by Crippen LogP contribution is 2.38. The molecule has 1 aliphatic carbocycles. The SMILES string of the molecule is O=C(/C=C/c1ccc2c(c1)CCCC2OCc1cc(C(F)(F)F)cc(C(F)(F)F)c1)NO. The number of hydrogen-bond donors (Lipinski definition) is 2. The van der Waals surface area contributed by atoms with Crippen LogP contribution in [0, 0.1) is 0 Å². The van der Waals surface area contributed by atoms with E-state index in [1.54, 1.807) is 12.1 Å². The fourth-order valence-electron chi connectivity index (χ4n) is 3.58. The molecule has 2 N–H and O–H groups in total. The zero-order valence-corrected chi connectivity index (χ0v) is 16.6. The van der Waals surface area contributed by atoms with Crippen molar-refractivity contribution in [3.63, 3.8) is 0 Å². The number of rotatable bonds is 5. The molecule has 0 heterocycles. The maximum Gasteiger partial charge on any atom is 0.416 e. The summed E-state index contributed by atoms with van der Waals surface area (Å²) < 4.78 is 84.0. The minimum atomic E-state index is -4.91. The monoisotopic (exact) mass is 459 g/mol. The van der Waals surface area contributed by atoms with Crippen molar-refractivity contribution in [3.05, 3.63) is 75.9 Å². The lowest BCUT2D eigenvalue weighted by Gasteiger charge is -2.26. The van der Waals surface area contributed by atoms with E-state index in [2.05, 4.69) is 0 Å². The van der Waals surface area contributed by atoms with Gasteiger partial charge < -0.3 is 4.74 Å². The zero-order valence-electron chi connectivity index (χ0n) is 16.6. The molecule has 0 aliphatic heterocycles. The quantitative estimate of drug-likeness (QED) is 0.256. The standard InChI is InChI=1S/C22H19F6NO3/c23-21(24,25)16-9-14(10-17(11-16)22(26,27)28)12-32-19-3-1-2-15-8-13(4-6-18(15)19)5-7-20(30)29-31/h4-11,19,31H,1-3,12H2,(H,29,30)/b7-5+. The van der Waals surface area contributed by atoms with Gasteiger partial charge in [-0.15, -0.1) is 0 Å². The molecule has 0 saturated carbocycles. The summed E-state index contributed by atoms with van der Waals surface area (Å²) in [7, 11) is 0. The van der Waals surface area contributed by atoms with Crippen molar-refractivity contribution in [3.8, 4) is 0 Å². The number of carbonyl (C=O) groups is 1. The summed E-state index contributed by atoms with van der Waals surface area (Å²) in [4.78, 5) is 11.1. The Balaban J connectivity index is 1.80. The number of ether oxygens (including phenoxy) is 1. The number of fused-ring (bicyclic) bond motifs is 1. The molecule has 10 heteroatoms. The van der Waals surface area contributed by atoms with Crippen LogP contribution >= 0.6 is 0 Å². The van der Waals surface area contributed by atoms with Crippen LogP contribution in [0.4, 0.5) is 26.3 Å². The number of benzene rings is 2. The third-order valence-corrected chi connectivity index (χ3v) is 5.06. The van der Waals surface area contributed by atoms with Crippen LogP contribution in [0.15, 0.2) is 42.5 Å². The minimum Gasteiger partial charge on any atom is -0.369 e. The highest BCUT2D eigenvalue weighted by Gasteiger charge is 2.37. The van der Waals surface area contributed by atoms with E-state index in [4.69, 9.17) is 9.94 Å². The summed E-state index contributed by atoms with van der Waals surface area (Å²) in [6, 6.07) is 6.69. The first-order chi connectivity index (χ1) is 15.0. The molecule has 0 fully saturated rings. The number of nitrogens with one attached hydrogen (secondary N) is 1. The molecule has 1 aliphatic rings. The van der Waals surface area contributed by atoms with Gasteiger partial charge in [-0.2, -0.15) is 26.3 Å². The first-order valence-electron chi connectivity index (χ1n) is 9.62. The van der Waals surface area contributed by atoms with Gasteiger partial charge >= 0.3 is 12.4 Å². The van der Waals surface area contributed by atoms with Crippen LogP contribution in [-0.2, 0) is 34.9 Å². The minimum absolute atomic E-state index is 0.0888. The molecule has 172 valence electrons. The van der Waals surface area contributed by atoms with Crippen LogP contribution in [0.5, 0.6) is 0 Å². The zero-order chi connectivity index (χ0) is 23.5. The van der Waals surface area contributed by atoms with Crippen molar-refractivity contribution in [2.75, 3.05) is 0 Å². The summed E-state index contributed by atoms with van der Waals surface area (Å²) in [6.07, 6.45) is -5.67. The molecular weight excluding hydrogens is 440 g/mol. The van der Waals surface area contributed by atoms with Crippen LogP contribution in [0.1, 0.15) is 52.3 Å². The summed E-state index contributed by atoms with van der Waals surface area (Å²) >= 11 is 0. The van der Waals surface area contributed by atoms with Gasteiger partial charge in [0.2, 0.25) is 0 Å². The topological polar surface area (TPSA) is 58.6 Å². The van der Waals surface area contributed by atoms with E-state index in [1.165, 1.54) is 11.6 Å². The van der Waals surface area contributed by atoms with E-state index in [0.717, 1.165) is 23.6 Å².